The van der Waals surface area contributed by atoms with Crippen LogP contribution in [0.25, 0.3) is 0 Å². The molecule has 1 atom stereocenters. The first-order valence-corrected chi connectivity index (χ1v) is 7.92. The second-order valence-electron chi connectivity index (χ2n) is 5.50. The minimum absolute atomic E-state index is 0.188. The molecule has 0 radical (unpaired) electrons. The quantitative estimate of drug-likeness (QED) is 0.767. The van der Waals surface area contributed by atoms with Gasteiger partial charge in [-0.3, -0.25) is 14.5 Å². The number of hydrogen-bond donors (Lipinski definition) is 2. The lowest BCUT2D eigenvalue weighted by Gasteiger charge is -2.22. The molecular weight excluding hydrogens is 346 g/mol. The minimum atomic E-state index is -0.808. The summed E-state index contributed by atoms with van der Waals surface area (Å²) in [6, 6.07) is 8.14. The minimum Gasteiger partial charge on any atom is -0.495 e. The van der Waals surface area contributed by atoms with Crippen LogP contribution in [-0.2, 0) is 9.59 Å². The molecule has 1 aromatic carbocycles. The van der Waals surface area contributed by atoms with E-state index >= 15 is 0 Å². The summed E-state index contributed by atoms with van der Waals surface area (Å²) in [4.78, 5) is 26.1. The van der Waals surface area contributed by atoms with Gasteiger partial charge < -0.3 is 19.8 Å². The Hall–Kier alpha value is -2.51. The van der Waals surface area contributed by atoms with Gasteiger partial charge in [-0.05, 0) is 44.4 Å². The van der Waals surface area contributed by atoms with Crippen molar-refractivity contribution in [3.63, 3.8) is 0 Å². The predicted octanol–water partition coefficient (Wildman–Crippen LogP) is 2.30. The van der Waals surface area contributed by atoms with Crippen LogP contribution in [-0.4, -0.2) is 44.5 Å². The molecule has 2 rings (SSSR count). The fourth-order valence-electron chi connectivity index (χ4n) is 2.25. The molecule has 1 heterocycles. The maximum Gasteiger partial charge on any atom is 0.313 e. The van der Waals surface area contributed by atoms with Crippen molar-refractivity contribution in [3.8, 4) is 5.75 Å². The Labute approximate surface area is 150 Å². The summed E-state index contributed by atoms with van der Waals surface area (Å²) < 4.78 is 10.5. The van der Waals surface area contributed by atoms with Crippen molar-refractivity contribution in [1.29, 1.82) is 0 Å². The average molecular weight is 366 g/mol. The average Bonchev–Trinajstić information content (AvgIpc) is 3.09. The number of amides is 2. The van der Waals surface area contributed by atoms with E-state index in [2.05, 4.69) is 10.6 Å². The molecule has 0 spiro atoms. The van der Waals surface area contributed by atoms with E-state index in [-0.39, 0.29) is 12.6 Å². The van der Waals surface area contributed by atoms with Crippen LogP contribution in [0.3, 0.4) is 0 Å². The molecule has 2 aromatic rings. The summed E-state index contributed by atoms with van der Waals surface area (Å²) in [6.45, 7) is 0.222. The summed E-state index contributed by atoms with van der Waals surface area (Å²) in [5.41, 5.74) is 0.324. The third kappa shape index (κ3) is 4.98. The number of carbonyl (C=O) groups is 2. The molecular formula is C17H20ClN3O4. The number of ether oxygens (including phenoxy) is 1. The molecule has 0 fully saturated rings. The maximum atomic E-state index is 12.1. The lowest BCUT2D eigenvalue weighted by Crippen LogP contribution is -2.40. The normalized spacial score (nSPS) is 11.9. The first-order valence-electron chi connectivity index (χ1n) is 7.55. The lowest BCUT2D eigenvalue weighted by molar-refractivity contribution is -0.136. The number of carbonyl (C=O) groups excluding carboxylic acids is 2. The van der Waals surface area contributed by atoms with Gasteiger partial charge in [-0.1, -0.05) is 11.6 Å². The Morgan fingerprint density at radius 1 is 1.28 bits per heavy atom. The van der Waals surface area contributed by atoms with E-state index in [0.717, 1.165) is 0 Å². The largest absolute Gasteiger partial charge is 0.495 e. The van der Waals surface area contributed by atoms with Crippen molar-refractivity contribution in [2.24, 2.45) is 0 Å². The van der Waals surface area contributed by atoms with E-state index in [1.54, 1.807) is 24.5 Å². The topological polar surface area (TPSA) is 83.8 Å². The number of rotatable bonds is 6. The number of halogens is 1. The maximum absolute atomic E-state index is 12.1. The summed E-state index contributed by atoms with van der Waals surface area (Å²) in [5.74, 6) is -0.465. The van der Waals surface area contributed by atoms with E-state index < -0.39 is 11.8 Å². The number of benzene rings is 1. The van der Waals surface area contributed by atoms with Crippen molar-refractivity contribution >= 4 is 29.1 Å². The monoisotopic (exact) mass is 365 g/mol. The number of likely N-dealkylation sites (N-methyl/N-ethyl adjacent to an activating group) is 1. The van der Waals surface area contributed by atoms with Crippen molar-refractivity contribution in [2.45, 2.75) is 6.04 Å². The van der Waals surface area contributed by atoms with E-state index in [9.17, 15) is 9.59 Å². The van der Waals surface area contributed by atoms with Gasteiger partial charge in [-0.15, -0.1) is 0 Å². The second-order valence-corrected chi connectivity index (χ2v) is 5.94. The molecule has 134 valence electrons. The van der Waals surface area contributed by atoms with Gasteiger partial charge in [0.1, 0.15) is 11.5 Å². The SMILES string of the molecule is COc1ccc(Cl)cc1NC(=O)C(=O)NC[C@@H](c1ccco1)N(C)C. The van der Waals surface area contributed by atoms with Crippen LogP contribution in [0.4, 0.5) is 5.69 Å². The highest BCUT2D eigenvalue weighted by Crippen LogP contribution is 2.27. The van der Waals surface area contributed by atoms with Crippen LogP contribution in [0, 0.1) is 0 Å². The van der Waals surface area contributed by atoms with Gasteiger partial charge in [0.25, 0.3) is 0 Å². The zero-order chi connectivity index (χ0) is 18.4. The predicted molar refractivity (Wildman–Crippen MR) is 94.8 cm³/mol. The van der Waals surface area contributed by atoms with Gasteiger partial charge in [-0.2, -0.15) is 0 Å². The highest BCUT2D eigenvalue weighted by atomic mass is 35.5. The smallest absolute Gasteiger partial charge is 0.313 e. The number of hydrogen-bond acceptors (Lipinski definition) is 5. The molecule has 7 nitrogen and oxygen atoms in total. The Balaban J connectivity index is 1.98. The van der Waals surface area contributed by atoms with Crippen molar-refractivity contribution in [3.05, 3.63) is 47.4 Å². The Morgan fingerprint density at radius 2 is 2.04 bits per heavy atom. The highest BCUT2D eigenvalue weighted by molar-refractivity contribution is 6.40. The second kappa shape index (κ2) is 8.55. The fraction of sp³-hybridized carbons (Fsp3) is 0.294. The number of nitrogens with one attached hydrogen (secondary N) is 2. The third-order valence-electron chi connectivity index (χ3n) is 3.57. The Bertz CT molecular complexity index is 731. The lowest BCUT2D eigenvalue weighted by atomic mass is 10.2. The molecule has 8 heteroatoms. The summed E-state index contributed by atoms with van der Waals surface area (Å²) in [5, 5.41) is 5.51. The number of anilines is 1. The zero-order valence-corrected chi connectivity index (χ0v) is 15.0. The summed E-state index contributed by atoms with van der Waals surface area (Å²) in [6.07, 6.45) is 1.56. The van der Waals surface area contributed by atoms with Gasteiger partial charge in [0.05, 0.1) is 25.1 Å². The number of nitrogens with zero attached hydrogens (tertiary/aromatic N) is 1. The van der Waals surface area contributed by atoms with Gasteiger partial charge in [0, 0.05) is 11.6 Å². The van der Waals surface area contributed by atoms with Crippen LogP contribution in [0.2, 0.25) is 5.02 Å². The van der Waals surface area contributed by atoms with Crippen LogP contribution < -0.4 is 15.4 Å². The first-order chi connectivity index (χ1) is 11.9. The van der Waals surface area contributed by atoms with Gasteiger partial charge in [-0.25, -0.2) is 0 Å². The van der Waals surface area contributed by atoms with Crippen LogP contribution in [0.5, 0.6) is 5.75 Å². The molecule has 0 aliphatic heterocycles. The molecule has 1 aromatic heterocycles. The fourth-order valence-corrected chi connectivity index (χ4v) is 2.42. The Kier molecular flexibility index (Phi) is 6.44. The van der Waals surface area contributed by atoms with Crippen LogP contribution in [0.15, 0.2) is 41.0 Å². The van der Waals surface area contributed by atoms with E-state index in [1.165, 1.54) is 13.2 Å². The number of furan rings is 1. The molecule has 0 saturated carbocycles. The third-order valence-corrected chi connectivity index (χ3v) is 3.80. The highest BCUT2D eigenvalue weighted by Gasteiger charge is 2.21. The molecule has 0 saturated heterocycles. The van der Waals surface area contributed by atoms with Crippen LogP contribution in [0.1, 0.15) is 11.8 Å². The molecule has 25 heavy (non-hydrogen) atoms. The Morgan fingerprint density at radius 3 is 2.64 bits per heavy atom. The molecule has 0 unspecified atom stereocenters. The standard InChI is InChI=1S/C17H20ClN3O4/c1-21(2)13(15-5-4-8-25-15)10-19-16(22)17(23)20-12-9-11(18)6-7-14(12)24-3/h4-9,13H,10H2,1-3H3,(H,19,22)(H,20,23)/t13-/m0/s1. The van der Waals surface area contributed by atoms with Gasteiger partial charge in [0.2, 0.25) is 0 Å². The molecule has 2 N–H and O–H groups in total. The molecule has 0 bridgehead atoms. The van der Waals surface area contributed by atoms with E-state index in [0.29, 0.717) is 22.2 Å². The summed E-state index contributed by atoms with van der Waals surface area (Å²) in [7, 11) is 5.18. The van der Waals surface area contributed by atoms with Crippen molar-refractivity contribution in [1.82, 2.24) is 10.2 Å². The van der Waals surface area contributed by atoms with E-state index in [1.807, 2.05) is 25.1 Å². The van der Waals surface area contributed by atoms with Crippen molar-refractivity contribution in [2.75, 3.05) is 33.1 Å². The summed E-state index contributed by atoms with van der Waals surface area (Å²) >= 11 is 5.91. The van der Waals surface area contributed by atoms with Crippen LogP contribution >= 0.6 is 11.6 Å². The van der Waals surface area contributed by atoms with Gasteiger partial charge >= 0.3 is 11.8 Å². The molecule has 2 amide bonds. The zero-order valence-electron chi connectivity index (χ0n) is 14.2. The van der Waals surface area contributed by atoms with Crippen molar-refractivity contribution < 1.29 is 18.7 Å². The molecule has 0 aliphatic carbocycles. The van der Waals surface area contributed by atoms with Gasteiger partial charge in [0.15, 0.2) is 0 Å². The number of methoxy groups -OCH3 is 1. The first kappa shape index (κ1) is 18.8. The van der Waals surface area contributed by atoms with E-state index in [4.69, 9.17) is 20.8 Å². The molecule has 0 aliphatic rings.